The SMILES string of the molecule is CCNC(=NCCc1csc(N2CCCC2)n1)NC1CCN(C(=O)C(C)C)C1. The van der Waals surface area contributed by atoms with Gasteiger partial charge in [0.25, 0.3) is 0 Å². The number of carbonyl (C=O) groups excluding carboxylic acids is 1. The van der Waals surface area contributed by atoms with Gasteiger partial charge in [-0.2, -0.15) is 0 Å². The van der Waals surface area contributed by atoms with Gasteiger partial charge in [0.1, 0.15) is 0 Å². The van der Waals surface area contributed by atoms with Crippen molar-refractivity contribution in [3.63, 3.8) is 0 Å². The Bertz CT molecular complexity index is 667. The fraction of sp³-hybridized carbons (Fsp3) is 0.750. The normalized spacial score (nSPS) is 20.3. The minimum atomic E-state index is 0.0595. The minimum absolute atomic E-state index is 0.0595. The summed E-state index contributed by atoms with van der Waals surface area (Å²) in [6, 6.07) is 0.265. The lowest BCUT2D eigenvalue weighted by molar-refractivity contribution is -0.133. The van der Waals surface area contributed by atoms with Crippen LogP contribution in [0.2, 0.25) is 0 Å². The van der Waals surface area contributed by atoms with Crippen molar-refractivity contribution in [1.29, 1.82) is 0 Å². The molecule has 7 nitrogen and oxygen atoms in total. The highest BCUT2D eigenvalue weighted by molar-refractivity contribution is 7.13. The van der Waals surface area contributed by atoms with Gasteiger partial charge < -0.3 is 20.4 Å². The molecule has 2 aliphatic rings. The maximum atomic E-state index is 12.2. The molecule has 0 radical (unpaired) electrons. The molecular formula is C20H34N6OS. The zero-order valence-corrected chi connectivity index (χ0v) is 18.2. The molecule has 0 saturated carbocycles. The van der Waals surface area contributed by atoms with Gasteiger partial charge >= 0.3 is 0 Å². The van der Waals surface area contributed by atoms with Gasteiger partial charge in [-0.25, -0.2) is 4.98 Å². The fourth-order valence-electron chi connectivity index (χ4n) is 3.70. The topological polar surface area (TPSA) is 72.9 Å². The second-order valence-corrected chi connectivity index (χ2v) is 8.73. The van der Waals surface area contributed by atoms with Gasteiger partial charge in [-0.3, -0.25) is 9.79 Å². The Hall–Kier alpha value is -1.83. The van der Waals surface area contributed by atoms with E-state index in [-0.39, 0.29) is 17.9 Å². The number of amides is 1. The summed E-state index contributed by atoms with van der Waals surface area (Å²) in [7, 11) is 0. The Balaban J connectivity index is 1.48. The average Bonchev–Trinajstić information content (AvgIpc) is 3.42. The van der Waals surface area contributed by atoms with Crippen molar-refractivity contribution in [2.45, 2.75) is 52.5 Å². The molecule has 1 aromatic rings. The van der Waals surface area contributed by atoms with Crippen LogP contribution in [-0.4, -0.2) is 67.1 Å². The van der Waals surface area contributed by atoms with Crippen molar-refractivity contribution in [2.75, 3.05) is 44.2 Å². The summed E-state index contributed by atoms with van der Waals surface area (Å²) in [5.41, 5.74) is 1.13. The van der Waals surface area contributed by atoms with Crippen LogP contribution in [-0.2, 0) is 11.2 Å². The smallest absolute Gasteiger partial charge is 0.225 e. The summed E-state index contributed by atoms with van der Waals surface area (Å²) < 4.78 is 0. The van der Waals surface area contributed by atoms with E-state index in [0.717, 1.165) is 62.4 Å². The molecule has 1 amide bonds. The Morgan fingerprint density at radius 1 is 1.36 bits per heavy atom. The summed E-state index contributed by atoms with van der Waals surface area (Å²) in [6.45, 7) is 11.4. The van der Waals surface area contributed by atoms with Crippen LogP contribution in [0.4, 0.5) is 5.13 Å². The quantitative estimate of drug-likeness (QED) is 0.536. The van der Waals surface area contributed by atoms with Gasteiger partial charge in [0.15, 0.2) is 11.1 Å². The van der Waals surface area contributed by atoms with E-state index in [4.69, 9.17) is 9.98 Å². The van der Waals surface area contributed by atoms with E-state index in [2.05, 4.69) is 27.8 Å². The molecule has 3 rings (SSSR count). The molecule has 2 saturated heterocycles. The van der Waals surface area contributed by atoms with Gasteiger partial charge in [-0.05, 0) is 26.2 Å². The van der Waals surface area contributed by atoms with E-state index < -0.39 is 0 Å². The zero-order valence-electron chi connectivity index (χ0n) is 17.4. The van der Waals surface area contributed by atoms with Gasteiger partial charge in [0.2, 0.25) is 5.91 Å². The molecule has 1 aromatic heterocycles. The molecular weight excluding hydrogens is 372 g/mol. The van der Waals surface area contributed by atoms with Crippen molar-refractivity contribution in [3.05, 3.63) is 11.1 Å². The number of anilines is 1. The van der Waals surface area contributed by atoms with Crippen molar-refractivity contribution < 1.29 is 4.79 Å². The van der Waals surface area contributed by atoms with Gasteiger partial charge in [0, 0.05) is 63.0 Å². The molecule has 0 bridgehead atoms. The van der Waals surface area contributed by atoms with E-state index in [1.54, 1.807) is 11.3 Å². The third kappa shape index (κ3) is 5.59. The lowest BCUT2D eigenvalue weighted by atomic mass is 10.2. The molecule has 156 valence electrons. The lowest BCUT2D eigenvalue weighted by Gasteiger charge is -2.20. The first-order chi connectivity index (χ1) is 13.6. The van der Waals surface area contributed by atoms with Crippen LogP contribution < -0.4 is 15.5 Å². The van der Waals surface area contributed by atoms with Crippen molar-refractivity contribution >= 4 is 28.3 Å². The standard InChI is InChI=1S/C20H34N6OS/c1-4-21-19(23-16-8-12-26(13-16)18(27)15(2)3)22-9-7-17-14-28-20(24-17)25-10-5-6-11-25/h14-16H,4-13H2,1-3H3,(H2,21,22,23). The second-order valence-electron chi connectivity index (χ2n) is 7.90. The predicted molar refractivity (Wildman–Crippen MR) is 116 cm³/mol. The molecule has 3 heterocycles. The number of hydrogen-bond donors (Lipinski definition) is 2. The minimum Gasteiger partial charge on any atom is -0.357 e. The molecule has 1 atom stereocenters. The second kappa shape index (κ2) is 10.1. The number of nitrogens with one attached hydrogen (secondary N) is 2. The lowest BCUT2D eigenvalue weighted by Crippen LogP contribution is -2.45. The number of thiazole rings is 1. The number of guanidine groups is 1. The number of aromatic nitrogens is 1. The van der Waals surface area contributed by atoms with Gasteiger partial charge in [-0.1, -0.05) is 13.8 Å². The Morgan fingerprint density at radius 2 is 2.14 bits per heavy atom. The molecule has 28 heavy (non-hydrogen) atoms. The summed E-state index contributed by atoms with van der Waals surface area (Å²) in [6.07, 6.45) is 4.37. The molecule has 0 aliphatic carbocycles. The maximum absolute atomic E-state index is 12.2. The number of rotatable bonds is 7. The van der Waals surface area contributed by atoms with Crippen molar-refractivity contribution in [3.8, 4) is 0 Å². The number of hydrogen-bond acceptors (Lipinski definition) is 5. The Kier molecular flexibility index (Phi) is 7.53. The van der Waals surface area contributed by atoms with Gasteiger partial charge in [-0.15, -0.1) is 11.3 Å². The van der Waals surface area contributed by atoms with Crippen LogP contribution >= 0.6 is 11.3 Å². The van der Waals surface area contributed by atoms with Crippen LogP contribution in [0.3, 0.4) is 0 Å². The predicted octanol–water partition coefficient (Wildman–Crippen LogP) is 2.10. The first-order valence-corrected chi connectivity index (χ1v) is 11.5. The van der Waals surface area contributed by atoms with E-state index in [1.807, 2.05) is 18.7 Å². The average molecular weight is 407 g/mol. The van der Waals surface area contributed by atoms with E-state index in [0.29, 0.717) is 6.54 Å². The first kappa shape index (κ1) is 20.9. The van der Waals surface area contributed by atoms with E-state index >= 15 is 0 Å². The molecule has 0 spiro atoms. The van der Waals surface area contributed by atoms with E-state index in [9.17, 15) is 4.79 Å². The number of likely N-dealkylation sites (tertiary alicyclic amines) is 1. The summed E-state index contributed by atoms with van der Waals surface area (Å²) in [5.74, 6) is 1.13. The Morgan fingerprint density at radius 3 is 2.86 bits per heavy atom. The van der Waals surface area contributed by atoms with Crippen molar-refractivity contribution in [2.24, 2.45) is 10.9 Å². The number of aliphatic imine (C=N–C) groups is 1. The Labute approximate surface area is 172 Å². The van der Waals surface area contributed by atoms with Crippen LogP contribution in [0.15, 0.2) is 10.4 Å². The molecule has 0 aromatic carbocycles. The number of carbonyl (C=O) groups is 1. The van der Waals surface area contributed by atoms with Crippen LogP contribution in [0.25, 0.3) is 0 Å². The highest BCUT2D eigenvalue weighted by Gasteiger charge is 2.27. The summed E-state index contributed by atoms with van der Waals surface area (Å²) in [4.78, 5) is 26.0. The first-order valence-electron chi connectivity index (χ1n) is 10.6. The molecule has 8 heteroatoms. The molecule has 2 fully saturated rings. The number of nitrogens with zero attached hydrogens (tertiary/aromatic N) is 4. The summed E-state index contributed by atoms with van der Waals surface area (Å²) in [5, 5.41) is 10.1. The highest BCUT2D eigenvalue weighted by Crippen LogP contribution is 2.24. The van der Waals surface area contributed by atoms with Crippen LogP contribution in [0, 0.1) is 5.92 Å². The zero-order chi connectivity index (χ0) is 19.9. The van der Waals surface area contributed by atoms with Crippen molar-refractivity contribution in [1.82, 2.24) is 20.5 Å². The van der Waals surface area contributed by atoms with Crippen LogP contribution in [0.1, 0.15) is 45.7 Å². The van der Waals surface area contributed by atoms with Gasteiger partial charge in [0.05, 0.1) is 5.69 Å². The molecule has 1 unspecified atom stereocenters. The largest absolute Gasteiger partial charge is 0.357 e. The molecule has 2 N–H and O–H groups in total. The third-order valence-electron chi connectivity index (χ3n) is 5.23. The van der Waals surface area contributed by atoms with Crippen LogP contribution in [0.5, 0.6) is 0 Å². The third-order valence-corrected chi connectivity index (χ3v) is 6.18. The van der Waals surface area contributed by atoms with E-state index in [1.165, 1.54) is 12.8 Å². The summed E-state index contributed by atoms with van der Waals surface area (Å²) >= 11 is 1.74. The maximum Gasteiger partial charge on any atom is 0.225 e. The molecule has 2 aliphatic heterocycles. The monoisotopic (exact) mass is 406 g/mol. The fourth-order valence-corrected chi connectivity index (χ4v) is 4.62. The highest BCUT2D eigenvalue weighted by atomic mass is 32.1.